The van der Waals surface area contributed by atoms with Crippen molar-refractivity contribution in [3.8, 4) is 0 Å². The lowest BCUT2D eigenvalue weighted by atomic mass is 10.1. The molecule has 0 amide bonds. The van der Waals surface area contributed by atoms with Gasteiger partial charge in [0, 0.05) is 13.3 Å². The minimum atomic E-state index is -0.338. The second kappa shape index (κ2) is 9.19. The molecule has 1 rings (SSSR count). The number of aliphatic hydroxyl groups is 1. The van der Waals surface area contributed by atoms with Crippen molar-refractivity contribution >= 4 is 0 Å². The summed E-state index contributed by atoms with van der Waals surface area (Å²) >= 11 is 0. The number of unbranched alkanes of at least 4 members (excludes halogenated alkanes) is 6. The maximum atomic E-state index is 10.1. The van der Waals surface area contributed by atoms with Gasteiger partial charge in [-0.3, -0.25) is 4.48 Å². The standard InChI is InChI=1S/C17H33N2O/c1-4-6-7-8-9-10-11-12-13-17-18-14-15-19(17,5-2)16(3)20/h4,14-18,20H,1,5-13H2,2-3H3/q+1. The predicted octanol–water partition coefficient (Wildman–Crippen LogP) is 3.87. The van der Waals surface area contributed by atoms with E-state index in [9.17, 15) is 5.11 Å². The Morgan fingerprint density at radius 3 is 2.50 bits per heavy atom. The van der Waals surface area contributed by atoms with Crippen LogP contribution in [0.4, 0.5) is 0 Å². The van der Waals surface area contributed by atoms with Crippen LogP contribution in [0.25, 0.3) is 0 Å². The number of quaternary nitrogens is 1. The fraction of sp³-hybridized carbons (Fsp3) is 0.765. The Morgan fingerprint density at radius 1 is 1.25 bits per heavy atom. The first kappa shape index (κ1) is 17.3. The van der Waals surface area contributed by atoms with Crippen LogP contribution in [-0.2, 0) is 0 Å². The molecule has 2 N–H and O–H groups in total. The third-order valence-corrected chi connectivity index (χ3v) is 4.60. The molecule has 3 atom stereocenters. The van der Waals surface area contributed by atoms with Gasteiger partial charge in [-0.2, -0.15) is 0 Å². The lowest BCUT2D eigenvalue weighted by molar-refractivity contribution is -0.942. The highest BCUT2D eigenvalue weighted by atomic mass is 16.3. The maximum Gasteiger partial charge on any atom is 0.193 e. The summed E-state index contributed by atoms with van der Waals surface area (Å²) in [6.45, 7) is 8.74. The van der Waals surface area contributed by atoms with Gasteiger partial charge in [-0.15, -0.1) is 6.58 Å². The van der Waals surface area contributed by atoms with E-state index in [0.717, 1.165) is 19.4 Å². The molecule has 0 aromatic rings. The van der Waals surface area contributed by atoms with Crippen LogP contribution >= 0.6 is 0 Å². The number of aliphatic hydroxyl groups excluding tert-OH is 1. The molecule has 0 saturated heterocycles. The first-order chi connectivity index (χ1) is 9.67. The van der Waals surface area contributed by atoms with E-state index < -0.39 is 0 Å². The highest BCUT2D eigenvalue weighted by Crippen LogP contribution is 2.25. The summed E-state index contributed by atoms with van der Waals surface area (Å²) in [4.78, 5) is 0. The Labute approximate surface area is 125 Å². The van der Waals surface area contributed by atoms with Crippen LogP contribution in [-0.4, -0.2) is 28.5 Å². The molecule has 20 heavy (non-hydrogen) atoms. The Hall–Kier alpha value is -0.800. The largest absolute Gasteiger partial charge is 0.345 e. The van der Waals surface area contributed by atoms with Gasteiger partial charge in [0.2, 0.25) is 0 Å². The van der Waals surface area contributed by atoms with Crippen molar-refractivity contribution in [2.24, 2.45) is 0 Å². The molecular formula is C17H33N2O+. The van der Waals surface area contributed by atoms with E-state index in [2.05, 4.69) is 25.0 Å². The van der Waals surface area contributed by atoms with E-state index in [1.165, 1.54) is 38.5 Å². The topological polar surface area (TPSA) is 32.3 Å². The summed E-state index contributed by atoms with van der Waals surface area (Å²) < 4.78 is 0.666. The minimum absolute atomic E-state index is 0.338. The number of nitrogens with one attached hydrogen (secondary N) is 1. The van der Waals surface area contributed by atoms with Crippen LogP contribution in [0.1, 0.15) is 65.2 Å². The molecule has 0 aromatic carbocycles. The van der Waals surface area contributed by atoms with Gasteiger partial charge in [0.05, 0.1) is 12.7 Å². The number of rotatable bonds is 11. The Bertz CT molecular complexity index is 301. The van der Waals surface area contributed by atoms with Gasteiger partial charge >= 0.3 is 0 Å². The first-order valence-electron chi connectivity index (χ1n) is 8.27. The van der Waals surface area contributed by atoms with Crippen LogP contribution in [0.5, 0.6) is 0 Å². The molecule has 3 nitrogen and oxygen atoms in total. The fourth-order valence-electron chi connectivity index (χ4n) is 3.17. The third kappa shape index (κ3) is 4.64. The molecule has 1 heterocycles. The fourth-order valence-corrected chi connectivity index (χ4v) is 3.17. The van der Waals surface area contributed by atoms with Crippen molar-refractivity contribution < 1.29 is 9.59 Å². The molecule has 0 aliphatic carbocycles. The average molecular weight is 281 g/mol. The van der Waals surface area contributed by atoms with Crippen molar-refractivity contribution in [3.63, 3.8) is 0 Å². The summed E-state index contributed by atoms with van der Waals surface area (Å²) in [7, 11) is 0. The molecule has 3 unspecified atom stereocenters. The van der Waals surface area contributed by atoms with Crippen molar-refractivity contribution in [1.82, 2.24) is 5.32 Å². The summed E-state index contributed by atoms with van der Waals surface area (Å²) in [5.74, 6) is 0. The molecule has 0 radical (unpaired) electrons. The quantitative estimate of drug-likeness (QED) is 0.342. The zero-order valence-corrected chi connectivity index (χ0v) is 13.4. The van der Waals surface area contributed by atoms with Crippen LogP contribution in [0.2, 0.25) is 0 Å². The second-order valence-electron chi connectivity index (χ2n) is 5.93. The van der Waals surface area contributed by atoms with Gasteiger partial charge in [-0.1, -0.05) is 31.8 Å². The van der Waals surface area contributed by atoms with E-state index in [1.807, 2.05) is 19.2 Å². The second-order valence-corrected chi connectivity index (χ2v) is 5.93. The molecule has 116 valence electrons. The van der Waals surface area contributed by atoms with Gasteiger partial charge in [0.15, 0.2) is 12.4 Å². The van der Waals surface area contributed by atoms with Crippen molar-refractivity contribution in [1.29, 1.82) is 0 Å². The van der Waals surface area contributed by atoms with Crippen molar-refractivity contribution in [2.45, 2.75) is 77.6 Å². The van der Waals surface area contributed by atoms with E-state index >= 15 is 0 Å². The minimum Gasteiger partial charge on any atom is -0.345 e. The van der Waals surface area contributed by atoms with Crippen LogP contribution in [0.3, 0.4) is 0 Å². The molecule has 0 fully saturated rings. The van der Waals surface area contributed by atoms with Gasteiger partial charge in [-0.05, 0) is 26.2 Å². The molecule has 0 bridgehead atoms. The van der Waals surface area contributed by atoms with E-state index in [0.29, 0.717) is 10.6 Å². The van der Waals surface area contributed by atoms with Gasteiger partial charge in [0.25, 0.3) is 0 Å². The number of hydrogen-bond acceptors (Lipinski definition) is 2. The van der Waals surface area contributed by atoms with Crippen molar-refractivity contribution in [3.05, 3.63) is 25.1 Å². The van der Waals surface area contributed by atoms with Crippen LogP contribution < -0.4 is 5.32 Å². The summed E-state index contributed by atoms with van der Waals surface area (Å²) in [5, 5.41) is 13.5. The smallest absolute Gasteiger partial charge is 0.193 e. The van der Waals surface area contributed by atoms with Crippen LogP contribution in [0, 0.1) is 0 Å². The molecule has 0 aromatic heterocycles. The Morgan fingerprint density at radius 2 is 1.90 bits per heavy atom. The molecule has 3 heteroatoms. The number of allylic oxidation sites excluding steroid dienone is 1. The average Bonchev–Trinajstić information content (AvgIpc) is 2.86. The van der Waals surface area contributed by atoms with Crippen molar-refractivity contribution in [2.75, 3.05) is 6.54 Å². The summed E-state index contributed by atoms with van der Waals surface area (Å²) in [6, 6.07) is 0. The predicted molar refractivity (Wildman–Crippen MR) is 85.7 cm³/mol. The van der Waals surface area contributed by atoms with E-state index in [1.54, 1.807) is 0 Å². The zero-order valence-electron chi connectivity index (χ0n) is 13.4. The van der Waals surface area contributed by atoms with Gasteiger partial charge in [-0.25, -0.2) is 0 Å². The monoisotopic (exact) mass is 281 g/mol. The number of nitrogens with zero attached hydrogens (tertiary/aromatic N) is 1. The highest BCUT2D eigenvalue weighted by Gasteiger charge is 2.40. The Balaban J connectivity index is 2.17. The zero-order chi connectivity index (χ0) is 14.8. The van der Waals surface area contributed by atoms with Crippen LogP contribution in [0.15, 0.2) is 25.1 Å². The molecule has 1 aliphatic rings. The molecule has 1 aliphatic heterocycles. The molecular weight excluding hydrogens is 248 g/mol. The SMILES string of the molecule is C=CCCCCCCCCC1NC=C[N+]1(CC)C(C)O. The van der Waals surface area contributed by atoms with E-state index in [4.69, 9.17) is 0 Å². The summed E-state index contributed by atoms with van der Waals surface area (Å²) in [6.07, 6.45) is 16.3. The summed E-state index contributed by atoms with van der Waals surface area (Å²) in [5.41, 5.74) is 0. The highest BCUT2D eigenvalue weighted by molar-refractivity contribution is 4.84. The lowest BCUT2D eigenvalue weighted by Crippen LogP contribution is -2.57. The molecule has 0 spiro atoms. The van der Waals surface area contributed by atoms with E-state index in [-0.39, 0.29) is 6.23 Å². The number of hydrogen-bond donors (Lipinski definition) is 2. The first-order valence-corrected chi connectivity index (χ1v) is 8.27. The molecule has 0 saturated carbocycles. The third-order valence-electron chi connectivity index (χ3n) is 4.60. The van der Waals surface area contributed by atoms with Gasteiger partial charge < -0.3 is 10.4 Å². The maximum absolute atomic E-state index is 10.1. The Kier molecular flexibility index (Phi) is 7.93. The normalized spacial score (nSPS) is 26.4. The van der Waals surface area contributed by atoms with Gasteiger partial charge in [0.1, 0.15) is 6.20 Å². The lowest BCUT2D eigenvalue weighted by Gasteiger charge is -2.39.